The SMILES string of the molecule is CCC(C)OCC(=O)NCCOCC(=O)NC1CCC(C(=O)C(C)C)CC1. The first-order valence-electron chi connectivity index (χ1n) is 10.1. The second-order valence-corrected chi connectivity index (χ2v) is 7.61. The van der Waals surface area contributed by atoms with Crippen molar-refractivity contribution in [2.45, 2.75) is 71.9 Å². The molecule has 1 rings (SSSR count). The smallest absolute Gasteiger partial charge is 0.246 e. The minimum absolute atomic E-state index is 0.0237. The van der Waals surface area contributed by atoms with Gasteiger partial charge in [-0.1, -0.05) is 20.8 Å². The maximum absolute atomic E-state index is 12.0. The van der Waals surface area contributed by atoms with Gasteiger partial charge in [0, 0.05) is 24.4 Å². The number of nitrogens with one attached hydrogen (secondary N) is 2. The molecular formula is C20H36N2O5. The quantitative estimate of drug-likeness (QED) is 0.501. The Hall–Kier alpha value is -1.47. The molecule has 0 aliphatic heterocycles. The summed E-state index contributed by atoms with van der Waals surface area (Å²) in [7, 11) is 0. The molecule has 1 unspecified atom stereocenters. The molecule has 27 heavy (non-hydrogen) atoms. The molecule has 7 heteroatoms. The van der Waals surface area contributed by atoms with Crippen LogP contribution < -0.4 is 10.6 Å². The van der Waals surface area contributed by atoms with Crippen LogP contribution >= 0.6 is 0 Å². The molecule has 7 nitrogen and oxygen atoms in total. The Labute approximate surface area is 162 Å². The molecule has 0 saturated heterocycles. The van der Waals surface area contributed by atoms with Crippen molar-refractivity contribution >= 4 is 17.6 Å². The van der Waals surface area contributed by atoms with Crippen LogP contribution in [-0.4, -0.2) is 56.1 Å². The molecule has 1 aliphatic rings. The number of hydrogen-bond acceptors (Lipinski definition) is 5. The zero-order valence-electron chi connectivity index (χ0n) is 17.2. The van der Waals surface area contributed by atoms with Gasteiger partial charge in [0.2, 0.25) is 11.8 Å². The molecule has 0 aromatic carbocycles. The molecule has 2 N–H and O–H groups in total. The monoisotopic (exact) mass is 384 g/mol. The van der Waals surface area contributed by atoms with Gasteiger partial charge in [-0.05, 0) is 39.0 Å². The van der Waals surface area contributed by atoms with E-state index in [9.17, 15) is 14.4 Å². The number of Topliss-reactive ketones (excluding diaryl/α,β-unsaturated/α-hetero) is 1. The van der Waals surface area contributed by atoms with Gasteiger partial charge in [0.05, 0.1) is 12.7 Å². The summed E-state index contributed by atoms with van der Waals surface area (Å²) in [5, 5.41) is 5.65. The fraction of sp³-hybridized carbons (Fsp3) is 0.850. The Morgan fingerprint density at radius 3 is 2.26 bits per heavy atom. The van der Waals surface area contributed by atoms with Crippen molar-refractivity contribution < 1.29 is 23.9 Å². The minimum atomic E-state index is -0.184. The predicted molar refractivity (Wildman–Crippen MR) is 103 cm³/mol. The van der Waals surface area contributed by atoms with Crippen LogP contribution in [-0.2, 0) is 23.9 Å². The average Bonchev–Trinajstić information content (AvgIpc) is 2.65. The fourth-order valence-corrected chi connectivity index (χ4v) is 3.08. The summed E-state index contributed by atoms with van der Waals surface area (Å²) < 4.78 is 10.6. The van der Waals surface area contributed by atoms with Gasteiger partial charge in [-0.3, -0.25) is 14.4 Å². The molecular weight excluding hydrogens is 348 g/mol. The van der Waals surface area contributed by atoms with E-state index in [0.29, 0.717) is 12.3 Å². The molecule has 1 fully saturated rings. The summed E-state index contributed by atoms with van der Waals surface area (Å²) in [6, 6.07) is 0.120. The van der Waals surface area contributed by atoms with E-state index in [-0.39, 0.29) is 55.6 Å². The lowest BCUT2D eigenvalue weighted by atomic mass is 9.80. The van der Waals surface area contributed by atoms with Crippen molar-refractivity contribution in [3.05, 3.63) is 0 Å². The van der Waals surface area contributed by atoms with Gasteiger partial charge >= 0.3 is 0 Å². The molecule has 0 spiro atoms. The first-order chi connectivity index (χ1) is 12.8. The number of amides is 2. The molecule has 1 aliphatic carbocycles. The van der Waals surface area contributed by atoms with Crippen molar-refractivity contribution in [3.63, 3.8) is 0 Å². The number of rotatable bonds is 12. The zero-order valence-corrected chi connectivity index (χ0v) is 17.2. The third-order valence-corrected chi connectivity index (χ3v) is 4.94. The molecule has 0 aromatic rings. The zero-order chi connectivity index (χ0) is 20.2. The normalized spacial score (nSPS) is 20.9. The summed E-state index contributed by atoms with van der Waals surface area (Å²) in [5.74, 6) is 0.217. The van der Waals surface area contributed by atoms with Crippen LogP contribution in [0, 0.1) is 11.8 Å². The first-order valence-corrected chi connectivity index (χ1v) is 10.1. The number of ketones is 1. The lowest BCUT2D eigenvalue weighted by Gasteiger charge is -2.29. The number of carbonyl (C=O) groups is 3. The molecule has 1 saturated carbocycles. The summed E-state index contributed by atoms with van der Waals surface area (Å²) in [6.07, 6.45) is 4.28. The van der Waals surface area contributed by atoms with Crippen LogP contribution in [0.3, 0.4) is 0 Å². The van der Waals surface area contributed by atoms with E-state index in [1.54, 1.807) is 0 Å². The van der Waals surface area contributed by atoms with Crippen LogP contribution in [0.1, 0.15) is 59.8 Å². The van der Waals surface area contributed by atoms with Crippen molar-refractivity contribution in [1.82, 2.24) is 10.6 Å². The first kappa shape index (κ1) is 23.6. The van der Waals surface area contributed by atoms with Crippen LogP contribution in [0.15, 0.2) is 0 Å². The Kier molecular flexibility index (Phi) is 11.2. The molecule has 0 aromatic heterocycles. The lowest BCUT2D eigenvalue weighted by Crippen LogP contribution is -2.41. The van der Waals surface area contributed by atoms with Crippen LogP contribution in [0.5, 0.6) is 0 Å². The van der Waals surface area contributed by atoms with Gasteiger partial charge in [-0.25, -0.2) is 0 Å². The highest BCUT2D eigenvalue weighted by Gasteiger charge is 2.28. The Morgan fingerprint density at radius 2 is 1.67 bits per heavy atom. The third kappa shape index (κ3) is 9.86. The largest absolute Gasteiger partial charge is 0.370 e. The maximum atomic E-state index is 12.0. The van der Waals surface area contributed by atoms with Crippen molar-refractivity contribution in [2.75, 3.05) is 26.4 Å². The molecule has 156 valence electrons. The maximum Gasteiger partial charge on any atom is 0.246 e. The standard InChI is InChI=1S/C20H36N2O5/c1-5-15(4)27-13-18(23)21-10-11-26-12-19(24)22-17-8-6-16(7-9-17)20(25)14(2)3/h14-17H,5-13H2,1-4H3,(H,21,23)(H,22,24). The molecule has 2 amide bonds. The average molecular weight is 385 g/mol. The van der Waals surface area contributed by atoms with E-state index in [4.69, 9.17) is 9.47 Å². The van der Waals surface area contributed by atoms with E-state index in [1.165, 1.54) is 0 Å². The Bertz CT molecular complexity index is 473. The second kappa shape index (κ2) is 12.8. The Balaban J connectivity index is 2.06. The fourth-order valence-electron chi connectivity index (χ4n) is 3.08. The highest BCUT2D eigenvalue weighted by Crippen LogP contribution is 2.27. The van der Waals surface area contributed by atoms with E-state index in [2.05, 4.69) is 10.6 Å². The topological polar surface area (TPSA) is 93.7 Å². The Morgan fingerprint density at radius 1 is 1.00 bits per heavy atom. The second-order valence-electron chi connectivity index (χ2n) is 7.61. The molecule has 1 atom stereocenters. The van der Waals surface area contributed by atoms with E-state index in [0.717, 1.165) is 32.1 Å². The highest BCUT2D eigenvalue weighted by molar-refractivity contribution is 5.83. The van der Waals surface area contributed by atoms with Crippen molar-refractivity contribution in [1.29, 1.82) is 0 Å². The van der Waals surface area contributed by atoms with E-state index in [1.807, 2.05) is 27.7 Å². The summed E-state index contributed by atoms with van der Waals surface area (Å²) in [4.78, 5) is 35.5. The van der Waals surface area contributed by atoms with Gasteiger partial charge in [-0.15, -0.1) is 0 Å². The minimum Gasteiger partial charge on any atom is -0.370 e. The number of hydrogen-bond donors (Lipinski definition) is 2. The van der Waals surface area contributed by atoms with Crippen molar-refractivity contribution in [2.24, 2.45) is 11.8 Å². The lowest BCUT2D eigenvalue weighted by molar-refractivity contribution is -0.128. The highest BCUT2D eigenvalue weighted by atomic mass is 16.5. The number of ether oxygens (including phenoxy) is 2. The molecule has 0 radical (unpaired) electrons. The van der Waals surface area contributed by atoms with Crippen molar-refractivity contribution in [3.8, 4) is 0 Å². The van der Waals surface area contributed by atoms with Gasteiger partial charge in [0.25, 0.3) is 0 Å². The van der Waals surface area contributed by atoms with Crippen LogP contribution in [0.25, 0.3) is 0 Å². The van der Waals surface area contributed by atoms with Gasteiger partial charge in [0.1, 0.15) is 19.0 Å². The molecule has 0 bridgehead atoms. The third-order valence-electron chi connectivity index (χ3n) is 4.94. The summed E-state index contributed by atoms with van der Waals surface area (Å²) in [5.41, 5.74) is 0. The van der Waals surface area contributed by atoms with Crippen LogP contribution in [0.2, 0.25) is 0 Å². The van der Waals surface area contributed by atoms with Gasteiger partial charge < -0.3 is 20.1 Å². The predicted octanol–water partition coefficient (Wildman–Crippen LogP) is 1.83. The van der Waals surface area contributed by atoms with E-state index < -0.39 is 0 Å². The number of carbonyl (C=O) groups excluding carboxylic acids is 3. The van der Waals surface area contributed by atoms with E-state index >= 15 is 0 Å². The summed E-state index contributed by atoms with van der Waals surface area (Å²) >= 11 is 0. The van der Waals surface area contributed by atoms with Gasteiger partial charge in [-0.2, -0.15) is 0 Å². The molecule has 0 heterocycles. The van der Waals surface area contributed by atoms with Gasteiger partial charge in [0.15, 0.2) is 0 Å². The summed E-state index contributed by atoms with van der Waals surface area (Å²) in [6.45, 7) is 8.43. The van der Waals surface area contributed by atoms with Crippen LogP contribution in [0.4, 0.5) is 0 Å².